The van der Waals surface area contributed by atoms with Crippen molar-refractivity contribution in [3.63, 3.8) is 0 Å². The second-order valence-corrected chi connectivity index (χ2v) is 8.66. The van der Waals surface area contributed by atoms with Crippen molar-refractivity contribution in [1.29, 1.82) is 0 Å². The lowest BCUT2D eigenvalue weighted by Crippen LogP contribution is -2.51. The Labute approximate surface area is 200 Å². The zero-order chi connectivity index (χ0) is 21.6. The maximum Gasteiger partial charge on any atom is 0.246 e. The number of rotatable bonds is 4. The number of carbonyl (C=O) groups excluding carboxylic acids is 2. The van der Waals surface area contributed by atoms with Gasteiger partial charge in [0.25, 0.3) is 0 Å². The number of hydrogen-bond acceptors (Lipinski definition) is 5. The second-order valence-electron chi connectivity index (χ2n) is 8.26. The second kappa shape index (κ2) is 11.8. The van der Waals surface area contributed by atoms with Crippen molar-refractivity contribution in [3.05, 3.63) is 28.8 Å². The molecule has 4 rings (SSSR count). The molecule has 2 saturated heterocycles. The highest BCUT2D eigenvalue weighted by atomic mass is 35.5. The Kier molecular flexibility index (Phi) is 9.08. The number of amides is 2. The Balaban J connectivity index is 0.00000289. The molecule has 9 heteroatoms. The molecule has 0 saturated carbocycles. The Morgan fingerprint density at radius 2 is 1.59 bits per heavy atom. The zero-order valence-electron chi connectivity index (χ0n) is 18.3. The minimum atomic E-state index is -0.0375. The van der Waals surface area contributed by atoms with Crippen molar-refractivity contribution in [2.75, 3.05) is 59.0 Å². The van der Waals surface area contributed by atoms with Gasteiger partial charge in [0.15, 0.2) is 11.5 Å². The molecular formula is C23H31Cl2N3O4. The maximum atomic E-state index is 12.6. The smallest absolute Gasteiger partial charge is 0.246 e. The first-order valence-electron chi connectivity index (χ1n) is 11.2. The molecule has 0 atom stereocenters. The van der Waals surface area contributed by atoms with Gasteiger partial charge in [-0.3, -0.25) is 14.5 Å². The fourth-order valence-corrected chi connectivity index (χ4v) is 4.51. The number of hydrogen-bond donors (Lipinski definition) is 0. The topological polar surface area (TPSA) is 62.3 Å². The van der Waals surface area contributed by atoms with Crippen molar-refractivity contribution >= 4 is 41.9 Å². The van der Waals surface area contributed by atoms with E-state index in [1.165, 1.54) is 12.8 Å². The lowest BCUT2D eigenvalue weighted by molar-refractivity contribution is -0.133. The molecule has 1 aromatic carbocycles. The molecule has 3 aliphatic rings. The van der Waals surface area contributed by atoms with E-state index < -0.39 is 0 Å². The number of likely N-dealkylation sites (tertiary alicyclic amines) is 1. The summed E-state index contributed by atoms with van der Waals surface area (Å²) in [5.41, 5.74) is 0.796. The molecule has 0 aliphatic carbocycles. The van der Waals surface area contributed by atoms with Gasteiger partial charge in [-0.2, -0.15) is 0 Å². The van der Waals surface area contributed by atoms with Crippen molar-refractivity contribution in [2.24, 2.45) is 0 Å². The predicted octanol–water partition coefficient (Wildman–Crippen LogP) is 3.09. The third-order valence-corrected chi connectivity index (χ3v) is 6.32. The van der Waals surface area contributed by atoms with E-state index in [4.69, 9.17) is 21.1 Å². The molecule has 2 amide bonds. The van der Waals surface area contributed by atoms with Gasteiger partial charge < -0.3 is 19.3 Å². The van der Waals surface area contributed by atoms with E-state index in [-0.39, 0.29) is 24.2 Å². The Hall–Kier alpha value is -1.96. The predicted molar refractivity (Wildman–Crippen MR) is 127 cm³/mol. The average molecular weight is 484 g/mol. The first kappa shape index (κ1) is 24.7. The number of halogens is 2. The SMILES string of the molecule is Cl.O=C(/C=C/c1cc(Cl)c2c(c1)OCCO2)N1CCN(CC(=O)N2CCCCCC2)CC1. The quantitative estimate of drug-likeness (QED) is 0.615. The summed E-state index contributed by atoms with van der Waals surface area (Å²) in [5.74, 6) is 1.34. The fourth-order valence-electron chi connectivity index (χ4n) is 4.24. The molecule has 3 aliphatic heterocycles. The highest BCUT2D eigenvalue weighted by Gasteiger charge is 2.24. The van der Waals surface area contributed by atoms with Crippen LogP contribution in [0, 0.1) is 0 Å². The van der Waals surface area contributed by atoms with Crippen LogP contribution in [0.2, 0.25) is 5.02 Å². The normalized spacial score (nSPS) is 19.4. The minimum absolute atomic E-state index is 0. The molecule has 2 fully saturated rings. The van der Waals surface area contributed by atoms with Crippen molar-refractivity contribution in [1.82, 2.24) is 14.7 Å². The highest BCUT2D eigenvalue weighted by molar-refractivity contribution is 6.32. The lowest BCUT2D eigenvalue weighted by atomic mass is 10.1. The average Bonchev–Trinajstić information content (AvgIpc) is 3.08. The molecular weight excluding hydrogens is 453 g/mol. The Bertz CT molecular complexity index is 833. The highest BCUT2D eigenvalue weighted by Crippen LogP contribution is 2.38. The van der Waals surface area contributed by atoms with E-state index in [2.05, 4.69) is 4.90 Å². The summed E-state index contributed by atoms with van der Waals surface area (Å²) < 4.78 is 11.1. The van der Waals surface area contributed by atoms with E-state index in [9.17, 15) is 9.59 Å². The van der Waals surface area contributed by atoms with E-state index in [0.29, 0.717) is 49.4 Å². The number of fused-ring (bicyclic) bond motifs is 1. The number of ether oxygens (including phenoxy) is 2. The largest absolute Gasteiger partial charge is 0.486 e. The molecule has 0 radical (unpaired) electrons. The van der Waals surface area contributed by atoms with Crippen LogP contribution in [-0.2, 0) is 9.59 Å². The van der Waals surface area contributed by atoms with Gasteiger partial charge in [0.2, 0.25) is 11.8 Å². The fraction of sp³-hybridized carbons (Fsp3) is 0.565. The number of carbonyl (C=O) groups is 2. The van der Waals surface area contributed by atoms with Crippen LogP contribution in [0.25, 0.3) is 6.08 Å². The van der Waals surface area contributed by atoms with Crippen LogP contribution in [0.3, 0.4) is 0 Å². The maximum absolute atomic E-state index is 12.6. The summed E-state index contributed by atoms with van der Waals surface area (Å²) in [4.78, 5) is 31.2. The summed E-state index contributed by atoms with van der Waals surface area (Å²) in [5, 5.41) is 0.479. The molecule has 7 nitrogen and oxygen atoms in total. The molecule has 32 heavy (non-hydrogen) atoms. The molecule has 0 aromatic heterocycles. The summed E-state index contributed by atoms with van der Waals surface area (Å²) in [7, 11) is 0. The molecule has 0 spiro atoms. The molecule has 0 bridgehead atoms. The van der Waals surface area contributed by atoms with Gasteiger partial charge in [-0.25, -0.2) is 0 Å². The molecule has 0 N–H and O–H groups in total. The first-order valence-corrected chi connectivity index (χ1v) is 11.5. The Morgan fingerprint density at radius 3 is 2.31 bits per heavy atom. The summed E-state index contributed by atoms with van der Waals surface area (Å²) in [6.07, 6.45) is 7.97. The molecule has 0 unspecified atom stereocenters. The lowest BCUT2D eigenvalue weighted by Gasteiger charge is -2.35. The number of nitrogens with zero attached hydrogens (tertiary/aromatic N) is 3. The Morgan fingerprint density at radius 1 is 0.906 bits per heavy atom. The van der Waals surface area contributed by atoms with Crippen LogP contribution in [0.1, 0.15) is 31.2 Å². The van der Waals surface area contributed by atoms with Crippen LogP contribution in [-0.4, -0.2) is 85.5 Å². The van der Waals surface area contributed by atoms with Gasteiger partial charge in [-0.05, 0) is 36.6 Å². The first-order chi connectivity index (χ1) is 15.1. The van der Waals surface area contributed by atoms with Gasteiger partial charge in [-0.15, -0.1) is 12.4 Å². The van der Waals surface area contributed by atoms with Gasteiger partial charge in [0.05, 0.1) is 11.6 Å². The van der Waals surface area contributed by atoms with Gasteiger partial charge in [0.1, 0.15) is 13.2 Å². The van der Waals surface area contributed by atoms with Crippen LogP contribution in [0.15, 0.2) is 18.2 Å². The summed E-state index contributed by atoms with van der Waals surface area (Å²) >= 11 is 6.26. The van der Waals surface area contributed by atoms with E-state index >= 15 is 0 Å². The van der Waals surface area contributed by atoms with E-state index in [0.717, 1.165) is 44.6 Å². The zero-order valence-corrected chi connectivity index (χ0v) is 19.8. The third-order valence-electron chi connectivity index (χ3n) is 6.04. The van der Waals surface area contributed by atoms with E-state index in [1.807, 2.05) is 15.9 Å². The minimum Gasteiger partial charge on any atom is -0.486 e. The van der Waals surface area contributed by atoms with Gasteiger partial charge in [0, 0.05) is 45.3 Å². The van der Waals surface area contributed by atoms with Gasteiger partial charge in [-0.1, -0.05) is 24.4 Å². The molecule has 3 heterocycles. The van der Waals surface area contributed by atoms with Crippen molar-refractivity contribution in [2.45, 2.75) is 25.7 Å². The van der Waals surface area contributed by atoms with Gasteiger partial charge >= 0.3 is 0 Å². The standard InChI is InChI=1S/C23H30ClN3O4.ClH/c24-19-15-18(16-20-23(19)31-14-13-30-20)5-6-21(28)27-11-9-25(10-12-27)17-22(29)26-7-3-1-2-4-8-26;/h5-6,15-16H,1-4,7-14,17H2;1H/b6-5+;. The van der Waals surface area contributed by atoms with Crippen LogP contribution < -0.4 is 9.47 Å². The van der Waals surface area contributed by atoms with Crippen LogP contribution in [0.5, 0.6) is 11.5 Å². The number of benzene rings is 1. The van der Waals surface area contributed by atoms with Crippen molar-refractivity contribution in [3.8, 4) is 11.5 Å². The summed E-state index contributed by atoms with van der Waals surface area (Å²) in [6.45, 7) is 5.86. The van der Waals surface area contributed by atoms with Crippen LogP contribution in [0.4, 0.5) is 0 Å². The van der Waals surface area contributed by atoms with E-state index in [1.54, 1.807) is 18.2 Å². The van der Waals surface area contributed by atoms with Crippen molar-refractivity contribution < 1.29 is 19.1 Å². The monoisotopic (exact) mass is 483 g/mol. The molecule has 1 aromatic rings. The molecule has 176 valence electrons. The number of piperazine rings is 1. The summed E-state index contributed by atoms with van der Waals surface area (Å²) in [6, 6.07) is 3.60. The third kappa shape index (κ3) is 6.30. The van der Waals surface area contributed by atoms with Crippen LogP contribution >= 0.6 is 24.0 Å².